The van der Waals surface area contributed by atoms with E-state index < -0.39 is 5.97 Å². The van der Waals surface area contributed by atoms with Crippen molar-refractivity contribution in [3.05, 3.63) is 29.7 Å². The van der Waals surface area contributed by atoms with Crippen molar-refractivity contribution in [1.82, 2.24) is 19.5 Å². The Hall–Kier alpha value is -1.95. The minimum absolute atomic E-state index is 0.396. The van der Waals surface area contributed by atoms with Gasteiger partial charge < -0.3 is 9.64 Å². The molecule has 106 valence electrons. The summed E-state index contributed by atoms with van der Waals surface area (Å²) in [6.45, 7) is 2.21. The number of methoxy groups -OCH3 is 1. The van der Waals surface area contributed by atoms with Gasteiger partial charge in [0.25, 0.3) is 0 Å². The monoisotopic (exact) mass is 274 g/mol. The number of nitrogens with zero attached hydrogens (tertiary/aromatic N) is 4. The molecule has 3 rings (SSSR count). The van der Waals surface area contributed by atoms with E-state index in [1.807, 2.05) is 6.07 Å². The maximum atomic E-state index is 11.7. The zero-order chi connectivity index (χ0) is 14.1. The lowest BCUT2D eigenvalue weighted by molar-refractivity contribution is 0.0591. The number of carbonyl (C=O) groups is 1. The third-order valence-corrected chi connectivity index (χ3v) is 3.76. The molecule has 0 saturated carbocycles. The lowest BCUT2D eigenvalue weighted by Gasteiger charge is -2.07. The van der Waals surface area contributed by atoms with E-state index >= 15 is 0 Å². The first kappa shape index (κ1) is 13.1. The Labute approximate surface area is 117 Å². The lowest BCUT2D eigenvalue weighted by atomic mass is 10.1. The van der Waals surface area contributed by atoms with E-state index in [9.17, 15) is 4.79 Å². The number of hydrogen-bond donors (Lipinski definition) is 0. The summed E-state index contributed by atoms with van der Waals surface area (Å²) in [6.07, 6.45) is 2.03. The Bertz CT molecular complexity index is 637. The number of pyridine rings is 1. The van der Waals surface area contributed by atoms with E-state index in [1.165, 1.54) is 13.5 Å². The number of fused-ring (bicyclic) bond motifs is 1. The summed E-state index contributed by atoms with van der Waals surface area (Å²) in [5.74, 6) is 0.994. The number of ether oxygens (including phenoxy) is 1. The number of rotatable bonds is 3. The molecule has 0 N–H and O–H groups in total. The maximum Gasteiger partial charge on any atom is 0.356 e. The summed E-state index contributed by atoms with van der Waals surface area (Å²) in [7, 11) is 3.50. The van der Waals surface area contributed by atoms with Crippen molar-refractivity contribution in [3.63, 3.8) is 0 Å². The van der Waals surface area contributed by atoms with Gasteiger partial charge >= 0.3 is 5.97 Å². The molecule has 1 aliphatic rings. The van der Waals surface area contributed by atoms with Crippen molar-refractivity contribution in [1.29, 1.82) is 0 Å². The summed E-state index contributed by atoms with van der Waals surface area (Å²) in [5, 5.41) is 4.46. The molecule has 0 spiro atoms. The van der Waals surface area contributed by atoms with Gasteiger partial charge in [-0.1, -0.05) is 6.07 Å². The summed E-state index contributed by atoms with van der Waals surface area (Å²) in [6, 6.07) is 5.34. The van der Waals surface area contributed by atoms with Gasteiger partial charge in [-0.05, 0) is 38.1 Å². The van der Waals surface area contributed by atoms with Crippen LogP contribution in [0.2, 0.25) is 0 Å². The molecule has 2 aromatic rings. The van der Waals surface area contributed by atoms with Crippen LogP contribution in [0, 0.1) is 5.92 Å². The average Bonchev–Trinajstić information content (AvgIpc) is 3.03. The second-order valence-electron chi connectivity index (χ2n) is 5.32. The predicted octanol–water partition coefficient (Wildman–Crippen LogP) is 1.01. The fourth-order valence-corrected chi connectivity index (χ4v) is 2.75. The Balaban J connectivity index is 1.88. The van der Waals surface area contributed by atoms with Crippen LogP contribution >= 0.6 is 0 Å². The van der Waals surface area contributed by atoms with Crippen LogP contribution < -0.4 is 0 Å². The Morgan fingerprint density at radius 1 is 1.50 bits per heavy atom. The van der Waals surface area contributed by atoms with Crippen molar-refractivity contribution in [2.45, 2.75) is 12.8 Å². The summed E-state index contributed by atoms with van der Waals surface area (Å²) >= 11 is 0. The molecule has 0 amide bonds. The van der Waals surface area contributed by atoms with Crippen LogP contribution in [0.15, 0.2) is 18.2 Å². The fraction of sp³-hybridized carbons (Fsp3) is 0.500. The summed E-state index contributed by atoms with van der Waals surface area (Å²) < 4.78 is 6.34. The first-order valence-electron chi connectivity index (χ1n) is 6.79. The molecule has 1 atom stereocenters. The van der Waals surface area contributed by atoms with Crippen molar-refractivity contribution in [3.8, 4) is 0 Å². The fourth-order valence-electron chi connectivity index (χ4n) is 2.75. The standard InChI is InChI=1S/C14H18N4O2/c1-17-7-6-10(9-17)8-12-15-13-5-3-4-11(14(19)20-2)18(13)16-12/h3-5,10H,6-9H2,1-2H3. The maximum absolute atomic E-state index is 11.7. The lowest BCUT2D eigenvalue weighted by Crippen LogP contribution is -2.15. The van der Waals surface area contributed by atoms with Crippen LogP contribution in [0.25, 0.3) is 5.65 Å². The molecule has 1 aliphatic heterocycles. The van der Waals surface area contributed by atoms with Gasteiger partial charge in [-0.15, -0.1) is 0 Å². The van der Waals surface area contributed by atoms with Gasteiger partial charge in [0, 0.05) is 13.0 Å². The number of esters is 1. The van der Waals surface area contributed by atoms with Gasteiger partial charge in [0.1, 0.15) is 0 Å². The van der Waals surface area contributed by atoms with Crippen LogP contribution in [-0.2, 0) is 11.2 Å². The van der Waals surface area contributed by atoms with Crippen LogP contribution in [0.5, 0.6) is 0 Å². The highest BCUT2D eigenvalue weighted by Crippen LogP contribution is 2.18. The third kappa shape index (κ3) is 2.38. The molecule has 2 aromatic heterocycles. The molecule has 0 aromatic carbocycles. The SMILES string of the molecule is COC(=O)c1cccc2nc(CC3CCN(C)C3)nn12. The highest BCUT2D eigenvalue weighted by molar-refractivity contribution is 5.88. The van der Waals surface area contributed by atoms with Crippen molar-refractivity contribution in [2.24, 2.45) is 5.92 Å². The first-order chi connectivity index (χ1) is 9.67. The smallest absolute Gasteiger partial charge is 0.356 e. The first-order valence-corrected chi connectivity index (χ1v) is 6.79. The third-order valence-electron chi connectivity index (χ3n) is 3.76. The minimum atomic E-state index is -0.396. The minimum Gasteiger partial charge on any atom is -0.464 e. The number of hydrogen-bond acceptors (Lipinski definition) is 5. The van der Waals surface area contributed by atoms with Crippen molar-refractivity contribution in [2.75, 3.05) is 27.2 Å². The zero-order valence-corrected chi connectivity index (χ0v) is 11.7. The van der Waals surface area contributed by atoms with E-state index in [0.29, 0.717) is 17.3 Å². The van der Waals surface area contributed by atoms with Gasteiger partial charge in [0.05, 0.1) is 7.11 Å². The Morgan fingerprint density at radius 2 is 2.35 bits per heavy atom. The number of likely N-dealkylation sites (tertiary alicyclic amines) is 1. The molecule has 0 bridgehead atoms. The van der Waals surface area contributed by atoms with Crippen LogP contribution in [0.1, 0.15) is 22.7 Å². The van der Waals surface area contributed by atoms with E-state index in [1.54, 1.807) is 16.6 Å². The highest BCUT2D eigenvalue weighted by Gasteiger charge is 2.22. The molecule has 1 fully saturated rings. The van der Waals surface area contributed by atoms with Gasteiger partial charge in [-0.3, -0.25) is 0 Å². The molecule has 1 saturated heterocycles. The van der Waals surface area contributed by atoms with Gasteiger partial charge in [-0.2, -0.15) is 5.10 Å². The molecule has 20 heavy (non-hydrogen) atoms. The van der Waals surface area contributed by atoms with Crippen LogP contribution in [-0.4, -0.2) is 52.7 Å². The molecular formula is C14H18N4O2. The predicted molar refractivity (Wildman–Crippen MR) is 73.6 cm³/mol. The molecule has 6 heteroatoms. The molecule has 3 heterocycles. The largest absolute Gasteiger partial charge is 0.464 e. The van der Waals surface area contributed by atoms with Crippen LogP contribution in [0.3, 0.4) is 0 Å². The topological polar surface area (TPSA) is 59.7 Å². The Kier molecular flexibility index (Phi) is 3.40. The number of aromatic nitrogens is 3. The van der Waals surface area contributed by atoms with Gasteiger partial charge in [0.15, 0.2) is 17.2 Å². The molecule has 6 nitrogen and oxygen atoms in total. The van der Waals surface area contributed by atoms with Gasteiger partial charge in [0.2, 0.25) is 0 Å². The second kappa shape index (κ2) is 5.20. The van der Waals surface area contributed by atoms with Crippen molar-refractivity contribution >= 4 is 11.6 Å². The van der Waals surface area contributed by atoms with Gasteiger partial charge in [-0.25, -0.2) is 14.3 Å². The quantitative estimate of drug-likeness (QED) is 0.782. The molecule has 1 unspecified atom stereocenters. The second-order valence-corrected chi connectivity index (χ2v) is 5.32. The average molecular weight is 274 g/mol. The Morgan fingerprint density at radius 3 is 3.05 bits per heavy atom. The van der Waals surface area contributed by atoms with Crippen LogP contribution in [0.4, 0.5) is 0 Å². The molecule has 0 radical (unpaired) electrons. The van der Waals surface area contributed by atoms with E-state index in [-0.39, 0.29) is 0 Å². The van der Waals surface area contributed by atoms with E-state index in [0.717, 1.165) is 25.3 Å². The highest BCUT2D eigenvalue weighted by atomic mass is 16.5. The number of carbonyl (C=O) groups excluding carboxylic acids is 1. The van der Waals surface area contributed by atoms with E-state index in [2.05, 4.69) is 22.0 Å². The molecule has 0 aliphatic carbocycles. The molecular weight excluding hydrogens is 256 g/mol. The van der Waals surface area contributed by atoms with E-state index in [4.69, 9.17) is 4.74 Å². The summed E-state index contributed by atoms with van der Waals surface area (Å²) in [5.41, 5.74) is 1.10. The van der Waals surface area contributed by atoms with Crippen molar-refractivity contribution < 1.29 is 9.53 Å². The normalized spacial score (nSPS) is 19.6. The summed E-state index contributed by atoms with van der Waals surface area (Å²) in [4.78, 5) is 18.5. The zero-order valence-electron chi connectivity index (χ0n) is 11.7.